The molecule has 1 unspecified atom stereocenters. The summed E-state index contributed by atoms with van der Waals surface area (Å²) in [5, 5.41) is 0. The minimum atomic E-state index is -0.134. The van der Waals surface area contributed by atoms with Crippen LogP contribution in [0.5, 0.6) is 0 Å². The Balaban J connectivity index is 2.16. The van der Waals surface area contributed by atoms with Crippen LogP contribution in [0.25, 0.3) is 0 Å². The molecule has 1 saturated heterocycles. The van der Waals surface area contributed by atoms with Gasteiger partial charge in [0.2, 0.25) is 0 Å². The monoisotopic (exact) mass is 282 g/mol. The van der Waals surface area contributed by atoms with E-state index in [1.165, 1.54) is 24.3 Å². The number of hydrazine groups is 1. The van der Waals surface area contributed by atoms with Gasteiger partial charge in [0.25, 0.3) is 0 Å². The van der Waals surface area contributed by atoms with E-state index in [1.54, 1.807) is 6.07 Å². The van der Waals surface area contributed by atoms with Crippen molar-refractivity contribution in [2.75, 3.05) is 11.5 Å². The maximum Gasteiger partial charge on any atom is 0.128 e. The van der Waals surface area contributed by atoms with Crippen LogP contribution >= 0.6 is 11.8 Å². The number of benzene rings is 1. The summed E-state index contributed by atoms with van der Waals surface area (Å²) in [6, 6.07) is 3.55. The number of nitrogens with one attached hydrogen (secondary N) is 1. The van der Waals surface area contributed by atoms with Crippen molar-refractivity contribution in [3.05, 3.63) is 34.6 Å². The van der Waals surface area contributed by atoms with Gasteiger partial charge in [0.05, 0.1) is 0 Å². The van der Waals surface area contributed by atoms with Crippen molar-refractivity contribution < 1.29 is 4.39 Å². The lowest BCUT2D eigenvalue weighted by atomic mass is 9.88. The molecule has 0 aliphatic carbocycles. The third kappa shape index (κ3) is 3.71. The molecule has 1 aliphatic rings. The van der Waals surface area contributed by atoms with Crippen LogP contribution in [-0.2, 0) is 0 Å². The molecule has 1 aromatic rings. The maximum atomic E-state index is 14.2. The SMILES string of the molecule is Cc1cc(C)c(C(CC2CCSCC2)NN)c(F)c1. The second-order valence-corrected chi connectivity index (χ2v) is 6.71. The third-order valence-corrected chi connectivity index (χ3v) is 4.99. The quantitative estimate of drug-likeness (QED) is 0.656. The van der Waals surface area contributed by atoms with Gasteiger partial charge in [-0.05, 0) is 67.7 Å². The van der Waals surface area contributed by atoms with Crippen molar-refractivity contribution >= 4 is 11.8 Å². The number of halogens is 1. The van der Waals surface area contributed by atoms with E-state index in [-0.39, 0.29) is 11.9 Å². The molecular weight excluding hydrogens is 259 g/mol. The summed E-state index contributed by atoms with van der Waals surface area (Å²) in [5.74, 6) is 8.64. The highest BCUT2D eigenvalue weighted by atomic mass is 32.2. The van der Waals surface area contributed by atoms with Crippen LogP contribution < -0.4 is 11.3 Å². The Bertz CT molecular complexity index is 407. The summed E-state index contributed by atoms with van der Waals surface area (Å²) in [6.45, 7) is 3.88. The molecule has 0 spiro atoms. The van der Waals surface area contributed by atoms with Crippen molar-refractivity contribution in [1.29, 1.82) is 0 Å². The topological polar surface area (TPSA) is 38.0 Å². The zero-order chi connectivity index (χ0) is 13.8. The molecule has 1 heterocycles. The lowest BCUT2D eigenvalue weighted by Crippen LogP contribution is -2.31. The van der Waals surface area contributed by atoms with Gasteiger partial charge < -0.3 is 0 Å². The minimum absolute atomic E-state index is 0.0753. The second-order valence-electron chi connectivity index (χ2n) is 5.49. The van der Waals surface area contributed by atoms with E-state index in [9.17, 15) is 4.39 Å². The van der Waals surface area contributed by atoms with Gasteiger partial charge in [0, 0.05) is 11.6 Å². The fourth-order valence-electron chi connectivity index (χ4n) is 2.95. The lowest BCUT2D eigenvalue weighted by molar-refractivity contribution is 0.365. The molecule has 19 heavy (non-hydrogen) atoms. The summed E-state index contributed by atoms with van der Waals surface area (Å²) in [7, 11) is 0. The van der Waals surface area contributed by atoms with E-state index < -0.39 is 0 Å². The molecule has 0 amide bonds. The number of hydrogen-bond acceptors (Lipinski definition) is 3. The summed E-state index contributed by atoms with van der Waals surface area (Å²) in [6.07, 6.45) is 3.36. The minimum Gasteiger partial charge on any atom is -0.271 e. The Kier molecular flexibility index (Phi) is 5.25. The molecule has 1 fully saturated rings. The van der Waals surface area contributed by atoms with Gasteiger partial charge in [-0.3, -0.25) is 11.3 Å². The van der Waals surface area contributed by atoms with Gasteiger partial charge in [-0.2, -0.15) is 11.8 Å². The van der Waals surface area contributed by atoms with Crippen molar-refractivity contribution in [2.45, 2.75) is 39.2 Å². The van der Waals surface area contributed by atoms with Crippen molar-refractivity contribution in [1.82, 2.24) is 5.43 Å². The lowest BCUT2D eigenvalue weighted by Gasteiger charge is -2.27. The molecule has 0 saturated carbocycles. The first-order chi connectivity index (χ1) is 9.11. The molecule has 0 bridgehead atoms. The van der Waals surface area contributed by atoms with E-state index >= 15 is 0 Å². The highest BCUT2D eigenvalue weighted by Gasteiger charge is 2.23. The van der Waals surface area contributed by atoms with Gasteiger partial charge in [-0.25, -0.2) is 4.39 Å². The van der Waals surface area contributed by atoms with Crippen LogP contribution in [0.2, 0.25) is 0 Å². The summed E-state index contributed by atoms with van der Waals surface area (Å²) in [4.78, 5) is 0. The Hall–Kier alpha value is -0.580. The summed E-state index contributed by atoms with van der Waals surface area (Å²) in [5.41, 5.74) is 5.51. The van der Waals surface area contributed by atoms with E-state index in [1.807, 2.05) is 31.7 Å². The molecule has 0 radical (unpaired) electrons. The molecule has 2 nitrogen and oxygen atoms in total. The van der Waals surface area contributed by atoms with E-state index in [0.717, 1.165) is 23.1 Å². The molecule has 3 N–H and O–H groups in total. The van der Waals surface area contributed by atoms with Gasteiger partial charge in [-0.15, -0.1) is 0 Å². The van der Waals surface area contributed by atoms with Crippen LogP contribution in [0.3, 0.4) is 0 Å². The van der Waals surface area contributed by atoms with Gasteiger partial charge >= 0.3 is 0 Å². The number of nitrogens with two attached hydrogens (primary N) is 1. The number of rotatable bonds is 4. The smallest absolute Gasteiger partial charge is 0.128 e. The zero-order valence-corrected chi connectivity index (χ0v) is 12.5. The summed E-state index contributed by atoms with van der Waals surface area (Å²) >= 11 is 2.01. The number of thioether (sulfide) groups is 1. The average Bonchev–Trinajstić information content (AvgIpc) is 2.37. The van der Waals surface area contributed by atoms with Crippen molar-refractivity contribution in [3.8, 4) is 0 Å². The molecule has 4 heteroatoms. The Morgan fingerprint density at radius 1 is 1.37 bits per heavy atom. The second kappa shape index (κ2) is 6.73. The highest BCUT2D eigenvalue weighted by molar-refractivity contribution is 7.99. The Labute approximate surface area is 119 Å². The Morgan fingerprint density at radius 3 is 2.63 bits per heavy atom. The van der Waals surface area contributed by atoms with E-state index in [4.69, 9.17) is 5.84 Å². The van der Waals surface area contributed by atoms with Gasteiger partial charge in [0.15, 0.2) is 0 Å². The van der Waals surface area contributed by atoms with Crippen LogP contribution in [0, 0.1) is 25.6 Å². The first-order valence-corrected chi connectivity index (χ1v) is 8.07. The normalized spacial score (nSPS) is 18.5. The van der Waals surface area contributed by atoms with Crippen LogP contribution in [0.1, 0.15) is 42.0 Å². The fraction of sp³-hybridized carbons (Fsp3) is 0.600. The molecular formula is C15H23FN2S. The van der Waals surface area contributed by atoms with Crippen LogP contribution in [-0.4, -0.2) is 11.5 Å². The van der Waals surface area contributed by atoms with Gasteiger partial charge in [-0.1, -0.05) is 6.07 Å². The van der Waals surface area contributed by atoms with Crippen LogP contribution in [0.15, 0.2) is 12.1 Å². The van der Waals surface area contributed by atoms with Crippen molar-refractivity contribution in [3.63, 3.8) is 0 Å². The summed E-state index contributed by atoms with van der Waals surface area (Å²) < 4.78 is 14.2. The molecule has 0 aromatic heterocycles. The molecule has 1 aliphatic heterocycles. The maximum absolute atomic E-state index is 14.2. The average molecular weight is 282 g/mol. The molecule has 2 rings (SSSR count). The van der Waals surface area contributed by atoms with Crippen molar-refractivity contribution in [2.24, 2.45) is 11.8 Å². The number of aryl methyl sites for hydroxylation is 2. The Morgan fingerprint density at radius 2 is 2.05 bits per heavy atom. The first-order valence-electron chi connectivity index (χ1n) is 6.92. The van der Waals surface area contributed by atoms with E-state index in [2.05, 4.69) is 5.43 Å². The third-order valence-electron chi connectivity index (χ3n) is 3.94. The van der Waals surface area contributed by atoms with Crippen LogP contribution in [0.4, 0.5) is 4.39 Å². The molecule has 1 aromatic carbocycles. The van der Waals surface area contributed by atoms with Gasteiger partial charge in [0.1, 0.15) is 5.82 Å². The fourth-order valence-corrected chi connectivity index (χ4v) is 4.16. The highest BCUT2D eigenvalue weighted by Crippen LogP contribution is 2.33. The molecule has 106 valence electrons. The zero-order valence-electron chi connectivity index (χ0n) is 11.7. The predicted molar refractivity (Wildman–Crippen MR) is 80.6 cm³/mol. The largest absolute Gasteiger partial charge is 0.271 e. The predicted octanol–water partition coefficient (Wildman–Crippen LogP) is 3.48. The number of hydrogen-bond donors (Lipinski definition) is 2. The standard InChI is InChI=1S/C15H23FN2S/c1-10-7-11(2)15(13(16)8-10)14(18-17)9-12-3-5-19-6-4-12/h7-8,12,14,18H,3-6,9,17H2,1-2H3. The first kappa shape index (κ1) is 14.8. The molecule has 1 atom stereocenters. The van der Waals surface area contributed by atoms with E-state index in [0.29, 0.717) is 5.92 Å².